The molecule has 1 aromatic rings. The second-order valence-electron chi connectivity index (χ2n) is 5.05. The Bertz CT molecular complexity index is 669. The van der Waals surface area contributed by atoms with E-state index in [0.717, 1.165) is 6.07 Å². The molecule has 1 heterocycles. The number of nitro benzene ring substituents is 1. The number of halogens is 1. The molecule has 0 amide bonds. The molecule has 0 bridgehead atoms. The van der Waals surface area contributed by atoms with Gasteiger partial charge >= 0.3 is 0 Å². The van der Waals surface area contributed by atoms with Crippen LogP contribution in [0.15, 0.2) is 17.0 Å². The first-order chi connectivity index (χ1) is 9.73. The average Bonchev–Trinajstić information content (AvgIpc) is 2.41. The molecule has 0 atom stereocenters. The second-order valence-corrected chi connectivity index (χ2v) is 7.39. The Balaban J connectivity index is 2.43. The minimum absolute atomic E-state index is 0.00704. The quantitative estimate of drug-likeness (QED) is 0.668. The van der Waals surface area contributed by atoms with Crippen molar-refractivity contribution in [3.63, 3.8) is 0 Å². The van der Waals surface area contributed by atoms with E-state index in [1.165, 1.54) is 17.3 Å². The van der Waals surface area contributed by atoms with Crippen LogP contribution < -0.4 is 5.73 Å². The molecule has 9 heteroatoms. The zero-order valence-corrected chi connectivity index (χ0v) is 13.0. The summed E-state index contributed by atoms with van der Waals surface area (Å²) in [6.45, 7) is 2.10. The van der Waals surface area contributed by atoms with Crippen molar-refractivity contribution in [3.8, 4) is 0 Å². The SMILES string of the molecule is Cc1c(Cl)cc(S(=O)(=O)N2CCC(N)CC2)cc1[N+](=O)[O-]. The molecule has 0 unspecified atom stereocenters. The number of rotatable bonds is 3. The summed E-state index contributed by atoms with van der Waals surface area (Å²) in [5, 5.41) is 11.1. The van der Waals surface area contributed by atoms with Crippen molar-refractivity contribution >= 4 is 27.3 Å². The molecule has 1 aliphatic heterocycles. The van der Waals surface area contributed by atoms with Gasteiger partial charge in [-0.1, -0.05) is 11.6 Å². The smallest absolute Gasteiger partial charge is 0.275 e. The Morgan fingerprint density at radius 1 is 1.38 bits per heavy atom. The highest BCUT2D eigenvalue weighted by molar-refractivity contribution is 7.89. The Morgan fingerprint density at radius 2 is 1.95 bits per heavy atom. The van der Waals surface area contributed by atoms with Gasteiger partial charge < -0.3 is 5.73 Å². The fourth-order valence-electron chi connectivity index (χ4n) is 2.24. The van der Waals surface area contributed by atoms with Crippen molar-refractivity contribution in [2.45, 2.75) is 30.7 Å². The molecule has 0 radical (unpaired) electrons. The average molecular weight is 334 g/mol. The van der Waals surface area contributed by atoms with Gasteiger partial charge in [0.15, 0.2) is 0 Å². The van der Waals surface area contributed by atoms with E-state index in [-0.39, 0.29) is 27.2 Å². The molecule has 0 aromatic heterocycles. The third kappa shape index (κ3) is 3.18. The predicted molar refractivity (Wildman–Crippen MR) is 78.8 cm³/mol. The minimum Gasteiger partial charge on any atom is -0.328 e. The molecule has 1 aliphatic rings. The maximum absolute atomic E-state index is 12.5. The lowest BCUT2D eigenvalue weighted by molar-refractivity contribution is -0.385. The summed E-state index contributed by atoms with van der Waals surface area (Å²) in [7, 11) is -3.79. The Morgan fingerprint density at radius 3 is 2.48 bits per heavy atom. The monoisotopic (exact) mass is 333 g/mol. The molecule has 1 saturated heterocycles. The normalized spacial score (nSPS) is 17.9. The van der Waals surface area contributed by atoms with Crippen molar-refractivity contribution in [2.24, 2.45) is 5.73 Å². The van der Waals surface area contributed by atoms with Gasteiger partial charge in [0.1, 0.15) is 0 Å². The van der Waals surface area contributed by atoms with Crippen LogP contribution in [0.4, 0.5) is 5.69 Å². The topological polar surface area (TPSA) is 107 Å². The zero-order chi connectivity index (χ0) is 15.8. The number of benzene rings is 1. The molecule has 21 heavy (non-hydrogen) atoms. The van der Waals surface area contributed by atoms with Gasteiger partial charge in [0.2, 0.25) is 10.0 Å². The second kappa shape index (κ2) is 5.88. The van der Waals surface area contributed by atoms with Crippen LogP contribution in [0.1, 0.15) is 18.4 Å². The summed E-state index contributed by atoms with van der Waals surface area (Å²) in [6, 6.07) is 2.31. The first-order valence-corrected chi connectivity index (χ1v) is 8.25. The highest BCUT2D eigenvalue weighted by Gasteiger charge is 2.30. The lowest BCUT2D eigenvalue weighted by Crippen LogP contribution is -2.42. The van der Waals surface area contributed by atoms with Gasteiger partial charge in [-0.2, -0.15) is 4.31 Å². The largest absolute Gasteiger partial charge is 0.328 e. The van der Waals surface area contributed by atoms with Crippen LogP contribution in [0.3, 0.4) is 0 Å². The number of piperidine rings is 1. The molecule has 0 aliphatic carbocycles. The predicted octanol–water partition coefficient (Wildman–Crippen LogP) is 1.67. The minimum atomic E-state index is -3.79. The molecule has 1 aromatic carbocycles. The highest BCUT2D eigenvalue weighted by atomic mass is 35.5. The lowest BCUT2D eigenvalue weighted by Gasteiger charge is -2.29. The van der Waals surface area contributed by atoms with Crippen LogP contribution >= 0.6 is 11.6 Å². The molecule has 1 fully saturated rings. The van der Waals surface area contributed by atoms with Gasteiger partial charge in [0.25, 0.3) is 5.69 Å². The number of sulfonamides is 1. The number of hydrogen-bond donors (Lipinski definition) is 1. The Hall–Kier alpha value is -1.22. The summed E-state index contributed by atoms with van der Waals surface area (Å²) < 4.78 is 26.4. The summed E-state index contributed by atoms with van der Waals surface area (Å²) >= 11 is 5.92. The van der Waals surface area contributed by atoms with Crippen molar-refractivity contribution < 1.29 is 13.3 Å². The van der Waals surface area contributed by atoms with Crippen LogP contribution in [0.2, 0.25) is 5.02 Å². The summed E-state index contributed by atoms with van der Waals surface area (Å²) in [5.74, 6) is 0. The van der Waals surface area contributed by atoms with Crippen molar-refractivity contribution in [1.29, 1.82) is 0 Å². The van der Waals surface area contributed by atoms with E-state index in [2.05, 4.69) is 0 Å². The van der Waals surface area contributed by atoms with Crippen molar-refractivity contribution in [1.82, 2.24) is 4.31 Å². The third-order valence-corrected chi connectivity index (χ3v) is 5.89. The van der Waals surface area contributed by atoms with Gasteiger partial charge in [-0.3, -0.25) is 10.1 Å². The fourth-order valence-corrected chi connectivity index (χ4v) is 4.04. The van der Waals surface area contributed by atoms with E-state index in [4.69, 9.17) is 17.3 Å². The molecule has 2 N–H and O–H groups in total. The van der Waals surface area contributed by atoms with Gasteiger partial charge in [-0.15, -0.1) is 0 Å². The van der Waals surface area contributed by atoms with E-state index in [0.29, 0.717) is 25.9 Å². The van der Waals surface area contributed by atoms with Crippen LogP contribution in [0.25, 0.3) is 0 Å². The first kappa shape index (κ1) is 16.2. The van der Waals surface area contributed by atoms with E-state index >= 15 is 0 Å². The van der Waals surface area contributed by atoms with E-state index in [1.54, 1.807) is 0 Å². The Labute approximate surface area is 127 Å². The Kier molecular flexibility index (Phi) is 4.52. The van der Waals surface area contributed by atoms with Gasteiger partial charge in [0, 0.05) is 30.8 Å². The maximum Gasteiger partial charge on any atom is 0.275 e. The third-order valence-electron chi connectivity index (χ3n) is 3.62. The van der Waals surface area contributed by atoms with Gasteiger partial charge in [-0.05, 0) is 25.8 Å². The molecule has 7 nitrogen and oxygen atoms in total. The number of hydrogen-bond acceptors (Lipinski definition) is 5. The highest BCUT2D eigenvalue weighted by Crippen LogP contribution is 2.31. The molecular weight excluding hydrogens is 318 g/mol. The number of nitro groups is 1. The molecule has 2 rings (SSSR count). The van der Waals surface area contributed by atoms with Gasteiger partial charge in [-0.25, -0.2) is 8.42 Å². The molecule has 0 spiro atoms. The van der Waals surface area contributed by atoms with E-state index in [1.807, 2.05) is 0 Å². The lowest BCUT2D eigenvalue weighted by atomic mass is 10.1. The van der Waals surface area contributed by atoms with Gasteiger partial charge in [0.05, 0.1) is 14.8 Å². The zero-order valence-electron chi connectivity index (χ0n) is 11.5. The van der Waals surface area contributed by atoms with Crippen molar-refractivity contribution in [3.05, 3.63) is 32.8 Å². The molecular formula is C12H16ClN3O4S. The first-order valence-electron chi connectivity index (χ1n) is 6.43. The van der Waals surface area contributed by atoms with Crippen LogP contribution in [0, 0.1) is 17.0 Å². The summed E-state index contributed by atoms with van der Waals surface area (Å²) in [6.07, 6.45) is 1.14. The van der Waals surface area contributed by atoms with Crippen LogP contribution in [-0.2, 0) is 10.0 Å². The standard InChI is InChI=1S/C12H16ClN3O4S/c1-8-11(13)6-10(7-12(8)16(17)18)21(19,20)15-4-2-9(14)3-5-15/h6-7,9H,2-5,14H2,1H3. The summed E-state index contributed by atoms with van der Waals surface area (Å²) in [5.41, 5.74) is 5.71. The maximum atomic E-state index is 12.5. The van der Waals surface area contributed by atoms with Crippen LogP contribution in [0.5, 0.6) is 0 Å². The number of nitrogens with zero attached hydrogens (tertiary/aromatic N) is 2. The summed E-state index contributed by atoms with van der Waals surface area (Å²) in [4.78, 5) is 10.2. The number of nitrogens with two attached hydrogens (primary N) is 1. The van der Waals surface area contributed by atoms with E-state index < -0.39 is 14.9 Å². The molecule has 116 valence electrons. The van der Waals surface area contributed by atoms with Crippen LogP contribution in [-0.4, -0.2) is 36.8 Å². The van der Waals surface area contributed by atoms with E-state index in [9.17, 15) is 18.5 Å². The van der Waals surface area contributed by atoms with Crippen molar-refractivity contribution in [2.75, 3.05) is 13.1 Å². The molecule has 0 saturated carbocycles. The fraction of sp³-hybridized carbons (Fsp3) is 0.500.